The summed E-state index contributed by atoms with van der Waals surface area (Å²) in [5, 5.41) is 13.1. The molecular weight excluding hydrogens is 440 g/mol. The summed E-state index contributed by atoms with van der Waals surface area (Å²) in [6.07, 6.45) is 1.78. The molecule has 2 aliphatic rings. The predicted octanol–water partition coefficient (Wildman–Crippen LogP) is 2.10. The molecule has 3 amide bonds. The minimum atomic E-state index is -0.749. The van der Waals surface area contributed by atoms with Crippen LogP contribution in [-0.2, 0) is 20.9 Å². The largest absolute Gasteiger partial charge is 0.391 e. The van der Waals surface area contributed by atoms with Crippen LogP contribution in [0.5, 0.6) is 0 Å². The van der Waals surface area contributed by atoms with Crippen LogP contribution in [0.2, 0.25) is 0 Å². The minimum Gasteiger partial charge on any atom is -0.391 e. The number of likely N-dealkylation sites (tertiary alicyclic amines) is 2. The molecule has 0 saturated carbocycles. The highest BCUT2D eigenvalue weighted by molar-refractivity contribution is 7.13. The normalized spacial score (nSPS) is 22.9. The Morgan fingerprint density at radius 2 is 1.91 bits per heavy atom. The molecule has 1 aromatic carbocycles. The summed E-state index contributed by atoms with van der Waals surface area (Å²) >= 11 is 1.59. The van der Waals surface area contributed by atoms with Crippen LogP contribution in [0.25, 0.3) is 10.4 Å². The molecule has 0 radical (unpaired) electrons. The zero-order chi connectivity index (χ0) is 23.5. The number of hydrogen-bond acceptors (Lipinski definition) is 6. The van der Waals surface area contributed by atoms with Gasteiger partial charge in [-0.05, 0) is 37.3 Å². The molecule has 2 N–H and O–H groups in total. The molecule has 0 aliphatic carbocycles. The summed E-state index contributed by atoms with van der Waals surface area (Å²) in [7, 11) is 0. The van der Waals surface area contributed by atoms with Gasteiger partial charge in [0.1, 0.15) is 12.1 Å². The van der Waals surface area contributed by atoms with Gasteiger partial charge in [-0.15, -0.1) is 11.3 Å². The van der Waals surface area contributed by atoms with E-state index in [1.165, 1.54) is 11.8 Å². The Morgan fingerprint density at radius 3 is 2.58 bits per heavy atom. The second kappa shape index (κ2) is 10.0. The lowest BCUT2D eigenvalue weighted by Gasteiger charge is -2.37. The number of aromatic nitrogens is 1. The van der Waals surface area contributed by atoms with Crippen LogP contribution in [0, 0.1) is 6.92 Å². The van der Waals surface area contributed by atoms with Crippen molar-refractivity contribution in [3.8, 4) is 10.4 Å². The third kappa shape index (κ3) is 5.09. The summed E-state index contributed by atoms with van der Waals surface area (Å²) in [6, 6.07) is 6.66. The number of amides is 3. The van der Waals surface area contributed by atoms with Gasteiger partial charge in [0.05, 0.1) is 22.2 Å². The number of carbonyl (C=O) groups is 3. The summed E-state index contributed by atoms with van der Waals surface area (Å²) < 4.78 is 0. The number of piperidine rings is 1. The molecule has 8 nitrogen and oxygen atoms in total. The van der Waals surface area contributed by atoms with Crippen molar-refractivity contribution in [3.05, 3.63) is 41.0 Å². The highest BCUT2D eigenvalue weighted by atomic mass is 32.1. The third-order valence-electron chi connectivity index (χ3n) is 6.49. The van der Waals surface area contributed by atoms with Crippen molar-refractivity contribution in [2.75, 3.05) is 13.1 Å². The summed E-state index contributed by atoms with van der Waals surface area (Å²) in [6.45, 7) is 4.44. The van der Waals surface area contributed by atoms with Crippen molar-refractivity contribution in [2.24, 2.45) is 0 Å². The Hall–Kier alpha value is -2.78. The van der Waals surface area contributed by atoms with Gasteiger partial charge in [0, 0.05) is 33.0 Å². The quantitative estimate of drug-likeness (QED) is 0.697. The monoisotopic (exact) mass is 470 g/mol. The minimum absolute atomic E-state index is 0.113. The third-order valence-corrected chi connectivity index (χ3v) is 7.46. The van der Waals surface area contributed by atoms with Crippen LogP contribution < -0.4 is 5.32 Å². The number of benzene rings is 1. The zero-order valence-corrected chi connectivity index (χ0v) is 19.8. The van der Waals surface area contributed by atoms with Gasteiger partial charge in [-0.2, -0.15) is 0 Å². The first-order valence-corrected chi connectivity index (χ1v) is 12.3. The van der Waals surface area contributed by atoms with E-state index in [2.05, 4.69) is 10.3 Å². The van der Waals surface area contributed by atoms with Gasteiger partial charge in [0.2, 0.25) is 17.7 Å². The number of hydrogen-bond donors (Lipinski definition) is 2. The topological polar surface area (TPSA) is 103 Å². The first kappa shape index (κ1) is 23.4. The maximum atomic E-state index is 13.3. The maximum Gasteiger partial charge on any atom is 0.246 e. The van der Waals surface area contributed by atoms with Crippen LogP contribution >= 0.6 is 11.3 Å². The van der Waals surface area contributed by atoms with E-state index < -0.39 is 18.2 Å². The predicted molar refractivity (Wildman–Crippen MR) is 125 cm³/mol. The number of thiazole rings is 1. The van der Waals surface area contributed by atoms with E-state index in [9.17, 15) is 19.5 Å². The number of aliphatic hydroxyl groups excluding tert-OH is 1. The molecule has 3 heterocycles. The average Bonchev–Trinajstić information content (AvgIpc) is 3.42. The SMILES string of the molecule is CC(=O)N1CCCCC1C(=O)N1C[C@H](O)CC1C(=O)NCc1ccc(-c2scnc2C)cc1. The maximum absolute atomic E-state index is 13.3. The summed E-state index contributed by atoms with van der Waals surface area (Å²) in [5.41, 5.74) is 4.85. The van der Waals surface area contributed by atoms with Crippen molar-refractivity contribution in [1.29, 1.82) is 0 Å². The first-order chi connectivity index (χ1) is 15.8. The van der Waals surface area contributed by atoms with Gasteiger partial charge in [0.15, 0.2) is 0 Å². The summed E-state index contributed by atoms with van der Waals surface area (Å²) in [4.78, 5) is 46.7. The van der Waals surface area contributed by atoms with Crippen LogP contribution in [0.15, 0.2) is 29.8 Å². The number of carbonyl (C=O) groups excluding carboxylic acids is 3. The summed E-state index contributed by atoms with van der Waals surface area (Å²) in [5.74, 6) is -0.663. The molecule has 3 atom stereocenters. The Bertz CT molecular complexity index is 1020. The van der Waals surface area contributed by atoms with Crippen molar-refractivity contribution < 1.29 is 19.5 Å². The van der Waals surface area contributed by atoms with Crippen LogP contribution in [0.1, 0.15) is 43.9 Å². The zero-order valence-electron chi connectivity index (χ0n) is 19.0. The second-order valence-electron chi connectivity index (χ2n) is 8.80. The molecule has 2 fully saturated rings. The lowest BCUT2D eigenvalue weighted by molar-refractivity contribution is -0.149. The average molecular weight is 471 g/mol. The Labute approximate surface area is 197 Å². The van der Waals surface area contributed by atoms with Gasteiger partial charge in [-0.1, -0.05) is 24.3 Å². The molecule has 2 aliphatic heterocycles. The van der Waals surface area contributed by atoms with Gasteiger partial charge in [0.25, 0.3) is 0 Å². The molecule has 0 spiro atoms. The molecule has 0 bridgehead atoms. The highest BCUT2D eigenvalue weighted by Gasteiger charge is 2.43. The number of nitrogens with one attached hydrogen (secondary N) is 1. The van der Waals surface area contributed by atoms with Gasteiger partial charge in [-0.3, -0.25) is 14.4 Å². The van der Waals surface area contributed by atoms with Gasteiger partial charge in [-0.25, -0.2) is 4.98 Å². The molecule has 9 heteroatoms. The molecule has 2 saturated heterocycles. The lowest BCUT2D eigenvalue weighted by atomic mass is 10.0. The highest BCUT2D eigenvalue weighted by Crippen LogP contribution is 2.28. The fourth-order valence-electron chi connectivity index (χ4n) is 4.72. The van der Waals surface area contributed by atoms with Crippen molar-refractivity contribution >= 4 is 29.1 Å². The van der Waals surface area contributed by atoms with Crippen molar-refractivity contribution in [2.45, 2.75) is 64.3 Å². The van der Waals surface area contributed by atoms with Crippen LogP contribution in [0.4, 0.5) is 0 Å². The number of aliphatic hydroxyl groups is 1. The van der Waals surface area contributed by atoms with E-state index in [0.29, 0.717) is 19.5 Å². The Balaban J connectivity index is 1.40. The van der Waals surface area contributed by atoms with E-state index in [-0.39, 0.29) is 30.7 Å². The number of nitrogens with zero attached hydrogens (tertiary/aromatic N) is 3. The fraction of sp³-hybridized carbons (Fsp3) is 0.500. The van der Waals surface area contributed by atoms with E-state index in [0.717, 1.165) is 34.5 Å². The first-order valence-electron chi connectivity index (χ1n) is 11.4. The standard InChI is InChI=1S/C24H30N4O4S/c1-15-22(33-14-26-15)18-8-6-17(7-9-18)12-25-23(31)21-11-19(30)13-28(21)24(32)20-5-3-4-10-27(20)16(2)29/h6-9,14,19-21,30H,3-5,10-13H2,1-2H3,(H,25,31)/t19-,20?,21?/m1/s1. The number of rotatable bonds is 5. The molecule has 176 valence electrons. The van der Waals surface area contributed by atoms with Crippen molar-refractivity contribution in [1.82, 2.24) is 20.1 Å². The van der Waals surface area contributed by atoms with Gasteiger partial charge < -0.3 is 20.2 Å². The smallest absolute Gasteiger partial charge is 0.246 e. The van der Waals surface area contributed by atoms with E-state index in [1.54, 1.807) is 16.2 Å². The van der Waals surface area contributed by atoms with E-state index >= 15 is 0 Å². The number of β-amino-alcohol motifs (C(OH)–C–C–N with tert-alkyl or cyclic N) is 1. The number of aryl methyl sites for hydroxylation is 1. The fourth-order valence-corrected chi connectivity index (χ4v) is 5.53. The van der Waals surface area contributed by atoms with Gasteiger partial charge >= 0.3 is 0 Å². The molecule has 33 heavy (non-hydrogen) atoms. The van der Waals surface area contributed by atoms with Crippen LogP contribution in [-0.4, -0.2) is 68.9 Å². The molecular formula is C24H30N4O4S. The molecule has 2 unspecified atom stereocenters. The van der Waals surface area contributed by atoms with E-state index in [1.807, 2.05) is 36.7 Å². The molecule has 2 aromatic rings. The second-order valence-corrected chi connectivity index (χ2v) is 9.66. The van der Waals surface area contributed by atoms with Crippen molar-refractivity contribution in [3.63, 3.8) is 0 Å². The molecule has 4 rings (SSSR count). The Kier molecular flexibility index (Phi) is 7.09. The molecule has 1 aromatic heterocycles. The van der Waals surface area contributed by atoms with E-state index in [4.69, 9.17) is 0 Å². The van der Waals surface area contributed by atoms with Crippen LogP contribution in [0.3, 0.4) is 0 Å². The lowest BCUT2D eigenvalue weighted by Crippen LogP contribution is -2.55. The Morgan fingerprint density at radius 1 is 1.15 bits per heavy atom.